The third kappa shape index (κ3) is 4.50. The number of aromatic nitrogens is 1. The number of ether oxygens (including phenoxy) is 1. The molecule has 1 fully saturated rings. The van der Waals surface area contributed by atoms with Gasteiger partial charge in [-0.2, -0.15) is 0 Å². The van der Waals surface area contributed by atoms with Crippen LogP contribution in [-0.2, 0) is 9.53 Å². The molecule has 1 aromatic heterocycles. The number of amides is 2. The molecule has 1 aliphatic rings. The average molecular weight is 399 g/mol. The van der Waals surface area contributed by atoms with Gasteiger partial charge in [-0.3, -0.25) is 9.69 Å². The molecule has 2 aromatic rings. The topological polar surface area (TPSA) is 78.3 Å². The maximum Gasteiger partial charge on any atom is 0.416 e. The summed E-state index contributed by atoms with van der Waals surface area (Å²) in [6.45, 7) is 1.52. The third-order valence-electron chi connectivity index (χ3n) is 4.47. The first-order valence-corrected chi connectivity index (χ1v) is 8.94. The van der Waals surface area contributed by atoms with Crippen molar-refractivity contribution < 1.29 is 18.7 Å². The van der Waals surface area contributed by atoms with Crippen molar-refractivity contribution in [2.45, 2.75) is 13.2 Å². The maximum atomic E-state index is 14.7. The summed E-state index contributed by atoms with van der Waals surface area (Å²) in [6.07, 6.45) is 1.84. The molecule has 2 heterocycles. The fraction of sp³-hybridized carbons (Fsp3) is 0.300. The van der Waals surface area contributed by atoms with Crippen LogP contribution in [0.5, 0.6) is 0 Å². The molecular weight excluding hydrogens is 377 g/mol. The van der Waals surface area contributed by atoms with E-state index in [1.165, 1.54) is 22.8 Å². The maximum absolute atomic E-state index is 14.7. The fourth-order valence-electron chi connectivity index (χ4n) is 2.77. The van der Waals surface area contributed by atoms with Gasteiger partial charge in [0.2, 0.25) is 5.91 Å². The number of rotatable bonds is 5. The number of hydrogen-bond acceptors (Lipinski definition) is 5. The van der Waals surface area contributed by atoms with Gasteiger partial charge < -0.3 is 14.5 Å². The van der Waals surface area contributed by atoms with Crippen molar-refractivity contribution in [2.75, 3.05) is 32.6 Å². The molecule has 1 aliphatic heterocycles. The Morgan fingerprint density at radius 2 is 2.07 bits per heavy atom. The molecule has 0 saturated carbocycles. The van der Waals surface area contributed by atoms with Crippen LogP contribution in [0.25, 0.3) is 11.1 Å². The lowest BCUT2D eigenvalue weighted by molar-refractivity contribution is -0.134. The largest absolute Gasteiger partial charge is 0.423 e. The Bertz CT molecular complexity index is 946. The second-order valence-corrected chi connectivity index (χ2v) is 6.86. The summed E-state index contributed by atoms with van der Waals surface area (Å²) in [6, 6.07) is 7.91. The molecule has 2 amide bonds. The van der Waals surface area contributed by atoms with E-state index in [9.17, 15) is 14.0 Å². The third-order valence-corrected chi connectivity index (χ3v) is 4.47. The summed E-state index contributed by atoms with van der Waals surface area (Å²) in [4.78, 5) is 36.4. The van der Waals surface area contributed by atoms with Gasteiger partial charge >= 0.3 is 6.09 Å². The van der Waals surface area contributed by atoms with Crippen molar-refractivity contribution in [3.8, 4) is 11.1 Å². The van der Waals surface area contributed by atoms with Gasteiger partial charge in [-0.05, 0) is 30.3 Å². The molecule has 0 N–H and O–H groups in total. The average Bonchev–Trinajstić information content (AvgIpc) is 3.07. The van der Waals surface area contributed by atoms with Gasteiger partial charge in [0.05, 0.1) is 18.6 Å². The number of likely N-dealkylation sites (N-methyl/N-ethyl adjacent to an activating group) is 1. The van der Waals surface area contributed by atoms with E-state index in [-0.39, 0.29) is 12.5 Å². The molecule has 0 bridgehead atoms. The molecule has 29 heavy (non-hydrogen) atoms. The summed E-state index contributed by atoms with van der Waals surface area (Å²) in [5.74, 6) is -0.206. The quantitative estimate of drug-likeness (QED) is 0.571. The number of hydrogen-bond donors (Lipinski definition) is 0. The van der Waals surface area contributed by atoms with Gasteiger partial charge in [0, 0.05) is 45.4 Å². The molecule has 3 rings (SSSR count). The second-order valence-electron chi connectivity index (χ2n) is 6.86. The Labute approximate surface area is 168 Å². The highest BCUT2D eigenvalue weighted by Gasteiger charge is 2.36. The van der Waals surface area contributed by atoms with Gasteiger partial charge in [-0.1, -0.05) is 0 Å². The Morgan fingerprint density at radius 1 is 1.31 bits per heavy atom. The number of carbonyl (C=O) groups excluding carboxylic acids is 2. The van der Waals surface area contributed by atoms with Gasteiger partial charge in [0.1, 0.15) is 5.82 Å². The van der Waals surface area contributed by atoms with Crippen molar-refractivity contribution in [2.24, 2.45) is 4.99 Å². The minimum Gasteiger partial charge on any atom is -0.423 e. The van der Waals surface area contributed by atoms with Gasteiger partial charge in [-0.15, -0.1) is 0 Å². The number of aliphatic imine (C=N–C) groups is 1. The van der Waals surface area contributed by atoms with E-state index in [4.69, 9.17) is 4.74 Å². The van der Waals surface area contributed by atoms with Crippen molar-refractivity contribution in [1.82, 2.24) is 14.8 Å². The van der Waals surface area contributed by atoms with E-state index < -0.39 is 18.1 Å². The lowest BCUT2D eigenvalue weighted by atomic mass is 10.1. The summed E-state index contributed by atoms with van der Waals surface area (Å²) >= 11 is 0. The number of benzene rings is 1. The zero-order chi connectivity index (χ0) is 21.1. The van der Waals surface area contributed by atoms with E-state index in [0.29, 0.717) is 22.6 Å². The van der Waals surface area contributed by atoms with Crippen molar-refractivity contribution in [3.05, 3.63) is 42.3 Å². The van der Waals surface area contributed by atoms with E-state index in [2.05, 4.69) is 9.98 Å². The van der Waals surface area contributed by atoms with Crippen LogP contribution in [0.1, 0.15) is 6.92 Å². The van der Waals surface area contributed by atoms with Crippen LogP contribution in [0, 0.1) is 5.82 Å². The van der Waals surface area contributed by atoms with Crippen molar-refractivity contribution in [1.29, 1.82) is 0 Å². The van der Waals surface area contributed by atoms with Crippen LogP contribution >= 0.6 is 0 Å². The molecule has 8 nitrogen and oxygen atoms in total. The normalized spacial score (nSPS) is 16.2. The Kier molecular flexibility index (Phi) is 5.76. The summed E-state index contributed by atoms with van der Waals surface area (Å²) < 4.78 is 19.9. The molecule has 0 radical (unpaired) electrons. The van der Waals surface area contributed by atoms with Crippen LogP contribution in [0.15, 0.2) is 41.5 Å². The molecular formula is C20H22FN5O3. The van der Waals surface area contributed by atoms with Crippen LogP contribution < -0.4 is 4.90 Å². The molecule has 0 unspecified atom stereocenters. The first-order chi connectivity index (χ1) is 13.8. The monoisotopic (exact) mass is 399 g/mol. The van der Waals surface area contributed by atoms with E-state index >= 15 is 0 Å². The summed E-state index contributed by atoms with van der Waals surface area (Å²) in [5.41, 5.74) is 1.31. The molecule has 1 saturated heterocycles. The smallest absolute Gasteiger partial charge is 0.416 e. The number of carbonyl (C=O) groups is 2. The van der Waals surface area contributed by atoms with Crippen LogP contribution in [0.3, 0.4) is 0 Å². The van der Waals surface area contributed by atoms with Gasteiger partial charge in [-0.25, -0.2) is 19.2 Å². The number of pyridine rings is 1. The number of cyclic esters (lactones) is 1. The fourth-order valence-corrected chi connectivity index (χ4v) is 2.77. The summed E-state index contributed by atoms with van der Waals surface area (Å²) in [7, 11) is 5.25. The van der Waals surface area contributed by atoms with Gasteiger partial charge in [0.15, 0.2) is 12.0 Å². The van der Waals surface area contributed by atoms with E-state index in [1.807, 2.05) is 14.1 Å². The highest BCUT2D eigenvalue weighted by atomic mass is 19.1. The highest BCUT2D eigenvalue weighted by molar-refractivity contribution is 5.90. The predicted molar refractivity (Wildman–Crippen MR) is 108 cm³/mol. The van der Waals surface area contributed by atoms with Gasteiger partial charge in [0.25, 0.3) is 0 Å². The molecule has 0 spiro atoms. The lowest BCUT2D eigenvalue weighted by Crippen LogP contribution is -2.38. The number of nitrogens with zero attached hydrogens (tertiary/aromatic N) is 5. The molecule has 152 valence electrons. The zero-order valence-electron chi connectivity index (χ0n) is 16.7. The summed E-state index contributed by atoms with van der Waals surface area (Å²) in [5, 5.41) is 0. The minimum absolute atomic E-state index is 0.133. The zero-order valence-corrected chi connectivity index (χ0v) is 16.7. The molecule has 0 aliphatic carbocycles. The minimum atomic E-state index is -0.706. The highest BCUT2D eigenvalue weighted by Crippen LogP contribution is 2.29. The Balaban J connectivity index is 1.79. The van der Waals surface area contributed by atoms with E-state index in [0.717, 1.165) is 0 Å². The number of anilines is 1. The standard InChI is InChI=1S/C20H22FN5O3/c1-13(27)25(4)19-11-26(20(28)29-19)15-6-7-16(17(21)9-15)14-5-8-18(22-10-14)23-12-24(2)3/h5-10,12,19H,11H2,1-4H3/t19-/m0/s1. The molecule has 1 atom stereocenters. The SMILES string of the molecule is CC(=O)N(C)[C@@H]1CN(c2ccc(-c3ccc(N=CN(C)C)nc3)c(F)c2)C(=O)O1. The Morgan fingerprint density at radius 3 is 2.66 bits per heavy atom. The van der Waals surface area contributed by atoms with Crippen LogP contribution in [0.4, 0.5) is 20.7 Å². The van der Waals surface area contributed by atoms with E-state index in [1.54, 1.807) is 48.7 Å². The molecule has 1 aromatic carbocycles. The van der Waals surface area contributed by atoms with Crippen molar-refractivity contribution in [3.63, 3.8) is 0 Å². The van der Waals surface area contributed by atoms with Crippen molar-refractivity contribution >= 4 is 29.8 Å². The first-order valence-electron chi connectivity index (χ1n) is 8.94. The first kappa shape index (κ1) is 20.2. The lowest BCUT2D eigenvalue weighted by Gasteiger charge is -2.20. The number of halogens is 1. The second kappa shape index (κ2) is 8.26. The van der Waals surface area contributed by atoms with Crippen LogP contribution in [-0.4, -0.2) is 67.0 Å². The molecule has 9 heteroatoms. The Hall–Kier alpha value is -3.49. The predicted octanol–water partition coefficient (Wildman–Crippen LogP) is 2.87. The van der Waals surface area contributed by atoms with Crippen LogP contribution in [0.2, 0.25) is 0 Å².